The van der Waals surface area contributed by atoms with Gasteiger partial charge in [-0.05, 0) is 29.6 Å². The van der Waals surface area contributed by atoms with E-state index in [9.17, 15) is 18.0 Å². The Balaban J connectivity index is 1.96. The van der Waals surface area contributed by atoms with Crippen molar-refractivity contribution in [1.82, 2.24) is 4.98 Å². The first-order valence-electron chi connectivity index (χ1n) is 6.26. The van der Waals surface area contributed by atoms with Crippen molar-refractivity contribution in [2.24, 2.45) is 5.73 Å². The number of nitrogens with two attached hydrogens (primary N) is 1. The van der Waals surface area contributed by atoms with Gasteiger partial charge in [0.15, 0.2) is 0 Å². The first kappa shape index (κ1) is 15.8. The van der Waals surface area contributed by atoms with Crippen LogP contribution in [-0.4, -0.2) is 17.3 Å². The topological polar surface area (TPSA) is 68.1 Å². The van der Waals surface area contributed by atoms with Gasteiger partial charge in [-0.15, -0.1) is 24.5 Å². The number of aromatic nitrogens is 1. The summed E-state index contributed by atoms with van der Waals surface area (Å²) in [7, 11) is 0. The van der Waals surface area contributed by atoms with Crippen molar-refractivity contribution in [3.8, 4) is 5.75 Å². The van der Waals surface area contributed by atoms with Crippen LogP contribution in [0.5, 0.6) is 5.75 Å². The molecule has 0 fully saturated rings. The number of carbonyl (C=O) groups is 1. The quantitative estimate of drug-likeness (QED) is 0.727. The minimum absolute atomic E-state index is 0.235. The van der Waals surface area contributed by atoms with Gasteiger partial charge in [-0.3, -0.25) is 4.79 Å². The third-order valence-corrected chi connectivity index (χ3v) is 5.03. The summed E-state index contributed by atoms with van der Waals surface area (Å²) in [4.78, 5) is 15.6. The number of primary amides is 1. The fourth-order valence-electron chi connectivity index (χ4n) is 2.01. The molecule has 0 bridgehead atoms. The molecule has 4 nitrogen and oxygen atoms in total. The van der Waals surface area contributed by atoms with E-state index >= 15 is 0 Å². The summed E-state index contributed by atoms with van der Waals surface area (Å²) in [6, 6.07) is 7.36. The molecule has 9 heteroatoms. The zero-order valence-corrected chi connectivity index (χ0v) is 12.9. The fraction of sp³-hybridized carbons (Fsp3) is 0.0714. The Morgan fingerprint density at radius 3 is 2.78 bits per heavy atom. The summed E-state index contributed by atoms with van der Waals surface area (Å²) in [6.07, 6.45) is -4.75. The van der Waals surface area contributed by atoms with E-state index in [1.165, 1.54) is 29.5 Å². The number of thiophene rings is 1. The monoisotopic (exact) mass is 358 g/mol. The van der Waals surface area contributed by atoms with Crippen molar-refractivity contribution in [3.05, 3.63) is 41.4 Å². The van der Waals surface area contributed by atoms with Crippen LogP contribution < -0.4 is 10.5 Å². The number of carbonyl (C=O) groups excluding carboxylic acids is 1. The van der Waals surface area contributed by atoms with Crippen LogP contribution in [-0.2, 0) is 0 Å². The van der Waals surface area contributed by atoms with Gasteiger partial charge in [-0.1, -0.05) is 17.8 Å². The second kappa shape index (κ2) is 5.82. The molecule has 0 unspecified atom stereocenters. The number of ether oxygens (including phenoxy) is 1. The van der Waals surface area contributed by atoms with E-state index in [0.29, 0.717) is 9.79 Å². The Morgan fingerprint density at radius 2 is 2.09 bits per heavy atom. The van der Waals surface area contributed by atoms with Crippen LogP contribution in [0.15, 0.2) is 45.5 Å². The molecular formula is C14H9F3N2O2S2. The number of fused-ring (bicyclic) bond motifs is 1. The van der Waals surface area contributed by atoms with Crippen LogP contribution in [0.1, 0.15) is 10.5 Å². The third-order valence-electron chi connectivity index (χ3n) is 2.86. The van der Waals surface area contributed by atoms with E-state index in [4.69, 9.17) is 5.73 Å². The van der Waals surface area contributed by atoms with Gasteiger partial charge >= 0.3 is 6.36 Å². The summed E-state index contributed by atoms with van der Waals surface area (Å²) in [5, 5.41) is 1.85. The maximum Gasteiger partial charge on any atom is 0.573 e. The summed E-state index contributed by atoms with van der Waals surface area (Å²) in [5.41, 5.74) is 6.35. The average molecular weight is 358 g/mol. The highest BCUT2D eigenvalue weighted by atomic mass is 32.2. The van der Waals surface area contributed by atoms with Crippen LogP contribution in [0.4, 0.5) is 13.2 Å². The number of hydrogen-bond donors (Lipinski definition) is 2. The molecule has 0 spiro atoms. The number of aromatic amines is 1. The fourth-order valence-corrected chi connectivity index (χ4v) is 4.09. The summed E-state index contributed by atoms with van der Waals surface area (Å²) in [5.74, 6) is -0.945. The number of rotatable bonds is 4. The maximum absolute atomic E-state index is 12.3. The van der Waals surface area contributed by atoms with Gasteiger partial charge in [0.05, 0.1) is 15.1 Å². The van der Waals surface area contributed by atoms with Crippen molar-refractivity contribution in [2.75, 3.05) is 0 Å². The van der Waals surface area contributed by atoms with Crippen molar-refractivity contribution in [3.63, 3.8) is 0 Å². The maximum atomic E-state index is 12.3. The molecule has 0 saturated carbocycles. The van der Waals surface area contributed by atoms with Crippen LogP contribution in [0, 0.1) is 0 Å². The van der Waals surface area contributed by atoms with E-state index in [1.54, 1.807) is 12.1 Å². The molecule has 2 aromatic heterocycles. The lowest BCUT2D eigenvalue weighted by molar-refractivity contribution is -0.274. The van der Waals surface area contributed by atoms with Crippen LogP contribution in [0.3, 0.4) is 0 Å². The van der Waals surface area contributed by atoms with E-state index in [2.05, 4.69) is 9.72 Å². The second-order valence-corrected chi connectivity index (χ2v) is 6.48. The Bertz CT molecular complexity index is 870. The summed E-state index contributed by atoms with van der Waals surface area (Å²) in [6.45, 7) is 0. The molecule has 0 aliphatic rings. The van der Waals surface area contributed by atoms with E-state index in [0.717, 1.165) is 22.0 Å². The molecule has 3 aromatic rings. The highest BCUT2D eigenvalue weighted by Crippen LogP contribution is 2.40. The molecule has 3 rings (SSSR count). The lowest BCUT2D eigenvalue weighted by Crippen LogP contribution is -2.17. The highest BCUT2D eigenvalue weighted by Gasteiger charge is 2.31. The number of amides is 1. The van der Waals surface area contributed by atoms with Gasteiger partial charge in [0.2, 0.25) is 0 Å². The lowest BCUT2D eigenvalue weighted by atomic mass is 10.3. The molecule has 0 atom stereocenters. The molecule has 3 N–H and O–H groups in total. The molecule has 0 radical (unpaired) electrons. The van der Waals surface area contributed by atoms with E-state index in [1.807, 2.05) is 5.38 Å². The Hall–Kier alpha value is -2.13. The van der Waals surface area contributed by atoms with Gasteiger partial charge in [-0.25, -0.2) is 0 Å². The van der Waals surface area contributed by atoms with Crippen molar-refractivity contribution in [1.29, 1.82) is 0 Å². The summed E-state index contributed by atoms with van der Waals surface area (Å²) >= 11 is 2.57. The second-order valence-electron chi connectivity index (χ2n) is 4.48. The van der Waals surface area contributed by atoms with Crippen molar-refractivity contribution < 1.29 is 22.7 Å². The molecule has 1 aromatic carbocycles. The van der Waals surface area contributed by atoms with Crippen LogP contribution >= 0.6 is 23.1 Å². The molecule has 0 saturated heterocycles. The van der Waals surface area contributed by atoms with Gasteiger partial charge in [0.25, 0.3) is 5.91 Å². The molecule has 0 aliphatic carbocycles. The predicted molar refractivity (Wildman–Crippen MR) is 81.9 cm³/mol. The Kier molecular flexibility index (Phi) is 3.99. The largest absolute Gasteiger partial charge is 0.573 e. The number of alkyl halides is 3. The first-order chi connectivity index (χ1) is 10.8. The smallest absolute Gasteiger partial charge is 0.406 e. The van der Waals surface area contributed by atoms with Crippen molar-refractivity contribution in [2.45, 2.75) is 16.2 Å². The predicted octanol–water partition coefficient (Wildman–Crippen LogP) is 4.38. The third kappa shape index (κ3) is 3.45. The number of hydrogen-bond acceptors (Lipinski definition) is 4. The normalized spacial score (nSPS) is 11.8. The van der Waals surface area contributed by atoms with Crippen molar-refractivity contribution >= 4 is 39.2 Å². The molecule has 2 heterocycles. The van der Waals surface area contributed by atoms with Crippen LogP contribution in [0.2, 0.25) is 0 Å². The Morgan fingerprint density at radius 1 is 1.30 bits per heavy atom. The zero-order chi connectivity index (χ0) is 16.6. The van der Waals surface area contributed by atoms with E-state index < -0.39 is 12.3 Å². The number of halogens is 3. The van der Waals surface area contributed by atoms with Gasteiger partial charge in [0, 0.05) is 4.90 Å². The minimum Gasteiger partial charge on any atom is -0.406 e. The molecule has 23 heavy (non-hydrogen) atoms. The summed E-state index contributed by atoms with van der Waals surface area (Å²) < 4.78 is 41.6. The van der Waals surface area contributed by atoms with Crippen LogP contribution in [0.25, 0.3) is 10.2 Å². The molecular weight excluding hydrogens is 349 g/mol. The van der Waals surface area contributed by atoms with Gasteiger partial charge < -0.3 is 15.5 Å². The average Bonchev–Trinajstić information content (AvgIpc) is 3.00. The Labute approximate surface area is 136 Å². The SMILES string of the molecule is NC(=O)c1[nH]c2ccsc2c1Sc1cccc(OC(F)(F)F)c1. The highest BCUT2D eigenvalue weighted by molar-refractivity contribution is 7.99. The molecule has 120 valence electrons. The number of nitrogens with one attached hydrogen (secondary N) is 1. The minimum atomic E-state index is -4.75. The molecule has 0 aliphatic heterocycles. The number of H-pyrrole nitrogens is 1. The van der Waals surface area contributed by atoms with Gasteiger partial charge in [0.1, 0.15) is 11.4 Å². The lowest BCUT2D eigenvalue weighted by Gasteiger charge is -2.09. The first-order valence-corrected chi connectivity index (χ1v) is 7.96. The molecule has 1 amide bonds. The van der Waals surface area contributed by atoms with Gasteiger partial charge in [-0.2, -0.15) is 0 Å². The standard InChI is InChI=1S/C14H9F3N2O2S2/c15-14(16,17)21-7-2-1-3-8(6-7)23-12-10(13(18)20)19-9-4-5-22-11(9)12/h1-6,19H,(H2,18,20). The van der Waals surface area contributed by atoms with E-state index in [-0.39, 0.29) is 11.4 Å². The zero-order valence-electron chi connectivity index (χ0n) is 11.3. The number of benzene rings is 1.